The van der Waals surface area contributed by atoms with Crippen LogP contribution >= 0.6 is 0 Å². The normalized spacial score (nSPS) is 9.47. The Morgan fingerprint density at radius 3 is 1.16 bits per heavy atom. The van der Waals surface area contributed by atoms with Crippen LogP contribution < -0.4 is 11.5 Å². The van der Waals surface area contributed by atoms with E-state index in [-0.39, 0.29) is 0 Å². The minimum atomic E-state index is -3.34. The van der Waals surface area contributed by atoms with Crippen molar-refractivity contribution in [2.45, 2.75) is 9.79 Å². The zero-order chi connectivity index (χ0) is 14.7. The Labute approximate surface area is 115 Å². The lowest BCUT2D eigenvalue weighted by molar-refractivity contribution is 0.596. The molecule has 0 saturated carbocycles. The van der Waals surface area contributed by atoms with E-state index in [4.69, 9.17) is 0 Å². The van der Waals surface area contributed by atoms with Crippen LogP contribution in [0.1, 0.15) is 0 Å². The Hall–Kier alpha value is -1.69. The van der Waals surface area contributed by atoms with E-state index in [0.717, 1.165) is 0 Å². The second kappa shape index (κ2) is 9.27. The molecule has 2 aromatic rings. The maximum Gasteiger partial charge on any atom is 0.206 e. The first kappa shape index (κ1) is 17.3. The molecule has 0 unspecified atom stereocenters. The lowest BCUT2D eigenvalue weighted by atomic mass is 10.4. The third-order valence-electron chi connectivity index (χ3n) is 2.11. The summed E-state index contributed by atoms with van der Waals surface area (Å²) < 4.78 is 24.1. The van der Waals surface area contributed by atoms with Crippen molar-refractivity contribution < 1.29 is 8.42 Å². The summed E-state index contributed by atoms with van der Waals surface area (Å²) in [7, 11) is -0.339. The summed E-state index contributed by atoms with van der Waals surface area (Å²) in [6.45, 7) is 0. The lowest BCUT2D eigenvalue weighted by Gasteiger charge is -2.03. The molecule has 0 bridgehead atoms. The van der Waals surface area contributed by atoms with Crippen molar-refractivity contribution in [3.05, 3.63) is 60.7 Å². The van der Waals surface area contributed by atoms with E-state index in [9.17, 15) is 8.42 Å². The van der Waals surface area contributed by atoms with Crippen molar-refractivity contribution >= 4 is 9.84 Å². The molecule has 0 aliphatic carbocycles. The Morgan fingerprint density at radius 1 is 0.632 bits per heavy atom. The summed E-state index contributed by atoms with van der Waals surface area (Å²) in [5.41, 5.74) is 9.00. The van der Waals surface area contributed by atoms with Crippen LogP contribution in [0.25, 0.3) is 0 Å². The Kier molecular flexibility index (Phi) is 8.44. The van der Waals surface area contributed by atoms with E-state index >= 15 is 0 Å². The molecule has 19 heavy (non-hydrogen) atoms. The predicted octanol–water partition coefficient (Wildman–Crippen LogP) is 1.67. The molecule has 0 fully saturated rings. The van der Waals surface area contributed by atoms with E-state index in [1.54, 1.807) is 60.7 Å². The van der Waals surface area contributed by atoms with E-state index in [0.29, 0.717) is 9.79 Å². The topological polar surface area (TPSA) is 86.2 Å². The Balaban J connectivity index is 0.000000741. The molecular weight excluding hydrogens is 260 g/mol. The van der Waals surface area contributed by atoms with Gasteiger partial charge in [0.05, 0.1) is 9.79 Å². The maximum absolute atomic E-state index is 12.0. The van der Waals surface area contributed by atoms with Crippen LogP contribution in [0.4, 0.5) is 0 Å². The quantitative estimate of drug-likeness (QED) is 0.876. The standard InChI is InChI=1S/C12H10O2S.2CH5N/c13-15(14,11-7-3-1-4-8-11)12-9-5-2-6-10-12;2*1-2/h1-10H;2*2H2,1H3. The van der Waals surface area contributed by atoms with Gasteiger partial charge < -0.3 is 11.5 Å². The van der Waals surface area contributed by atoms with Crippen molar-refractivity contribution in [3.8, 4) is 0 Å². The Bertz CT molecular complexity index is 495. The van der Waals surface area contributed by atoms with E-state index < -0.39 is 9.84 Å². The third-order valence-corrected chi connectivity index (χ3v) is 3.89. The average Bonchev–Trinajstić information content (AvgIpc) is 2.53. The zero-order valence-corrected chi connectivity index (χ0v) is 12.0. The number of hydrogen-bond acceptors (Lipinski definition) is 4. The molecule has 0 heterocycles. The van der Waals surface area contributed by atoms with Gasteiger partial charge in [0, 0.05) is 0 Å². The molecule has 104 valence electrons. The van der Waals surface area contributed by atoms with E-state index in [1.165, 1.54) is 14.1 Å². The molecule has 0 aliphatic heterocycles. The fourth-order valence-corrected chi connectivity index (χ4v) is 2.64. The van der Waals surface area contributed by atoms with Crippen molar-refractivity contribution in [1.29, 1.82) is 0 Å². The molecule has 0 aromatic heterocycles. The average molecular weight is 280 g/mol. The number of sulfone groups is 1. The summed E-state index contributed by atoms with van der Waals surface area (Å²) >= 11 is 0. The fourth-order valence-electron chi connectivity index (χ4n) is 1.34. The Morgan fingerprint density at radius 2 is 0.895 bits per heavy atom. The van der Waals surface area contributed by atoms with Gasteiger partial charge in [0.2, 0.25) is 9.84 Å². The van der Waals surface area contributed by atoms with Crippen molar-refractivity contribution in [2.24, 2.45) is 11.5 Å². The van der Waals surface area contributed by atoms with Crippen LogP contribution in [-0.4, -0.2) is 22.5 Å². The molecule has 0 atom stereocenters. The molecule has 0 spiro atoms. The number of benzene rings is 2. The highest BCUT2D eigenvalue weighted by atomic mass is 32.2. The van der Waals surface area contributed by atoms with Gasteiger partial charge in [0.1, 0.15) is 0 Å². The summed E-state index contributed by atoms with van der Waals surface area (Å²) in [5, 5.41) is 0. The predicted molar refractivity (Wildman–Crippen MR) is 78.6 cm³/mol. The van der Waals surface area contributed by atoms with Gasteiger partial charge in [-0.3, -0.25) is 0 Å². The number of nitrogens with two attached hydrogens (primary N) is 2. The maximum atomic E-state index is 12.0. The van der Waals surface area contributed by atoms with E-state index in [2.05, 4.69) is 11.5 Å². The minimum absolute atomic E-state index is 0.330. The first-order valence-electron chi connectivity index (χ1n) is 5.72. The van der Waals surface area contributed by atoms with Gasteiger partial charge in [-0.2, -0.15) is 0 Å². The molecule has 0 amide bonds. The lowest BCUT2D eigenvalue weighted by Crippen LogP contribution is -2.00. The van der Waals surface area contributed by atoms with Crippen molar-refractivity contribution in [2.75, 3.05) is 14.1 Å². The first-order valence-corrected chi connectivity index (χ1v) is 7.20. The molecule has 0 aliphatic rings. The van der Waals surface area contributed by atoms with Gasteiger partial charge in [0.25, 0.3) is 0 Å². The smallest absolute Gasteiger partial charge is 0.206 e. The largest absolute Gasteiger partial charge is 0.333 e. The molecular formula is C14H20N2O2S. The van der Waals surface area contributed by atoms with Gasteiger partial charge in [-0.25, -0.2) is 8.42 Å². The van der Waals surface area contributed by atoms with Gasteiger partial charge in [-0.1, -0.05) is 36.4 Å². The van der Waals surface area contributed by atoms with Crippen LogP contribution in [0.2, 0.25) is 0 Å². The number of hydrogen-bond donors (Lipinski definition) is 2. The van der Waals surface area contributed by atoms with Crippen LogP contribution in [0.3, 0.4) is 0 Å². The molecule has 2 aromatic carbocycles. The van der Waals surface area contributed by atoms with Crippen LogP contribution in [-0.2, 0) is 9.84 Å². The summed E-state index contributed by atoms with van der Waals surface area (Å²) in [6, 6.07) is 16.9. The fraction of sp³-hybridized carbons (Fsp3) is 0.143. The van der Waals surface area contributed by atoms with Crippen LogP contribution in [0.5, 0.6) is 0 Å². The van der Waals surface area contributed by atoms with Gasteiger partial charge in [-0.05, 0) is 38.4 Å². The second-order valence-electron chi connectivity index (χ2n) is 3.13. The van der Waals surface area contributed by atoms with Gasteiger partial charge in [0.15, 0.2) is 0 Å². The molecule has 4 N–H and O–H groups in total. The summed E-state index contributed by atoms with van der Waals surface area (Å²) in [4.78, 5) is 0.660. The monoisotopic (exact) mass is 280 g/mol. The van der Waals surface area contributed by atoms with Crippen molar-refractivity contribution in [3.63, 3.8) is 0 Å². The minimum Gasteiger partial charge on any atom is -0.333 e. The van der Waals surface area contributed by atoms with E-state index in [1.807, 2.05) is 0 Å². The van der Waals surface area contributed by atoms with Crippen LogP contribution in [0, 0.1) is 0 Å². The summed E-state index contributed by atoms with van der Waals surface area (Å²) in [6.07, 6.45) is 0. The molecule has 5 heteroatoms. The molecule has 0 saturated heterocycles. The van der Waals surface area contributed by atoms with Crippen LogP contribution in [0.15, 0.2) is 70.5 Å². The van der Waals surface area contributed by atoms with Gasteiger partial charge in [-0.15, -0.1) is 0 Å². The molecule has 0 radical (unpaired) electrons. The zero-order valence-electron chi connectivity index (χ0n) is 11.2. The third kappa shape index (κ3) is 4.82. The van der Waals surface area contributed by atoms with Crippen molar-refractivity contribution in [1.82, 2.24) is 0 Å². The highest BCUT2D eigenvalue weighted by Gasteiger charge is 2.15. The SMILES string of the molecule is CN.CN.O=S(=O)(c1ccccc1)c1ccccc1. The highest BCUT2D eigenvalue weighted by molar-refractivity contribution is 7.91. The molecule has 4 nitrogen and oxygen atoms in total. The molecule has 2 rings (SSSR count). The van der Waals surface area contributed by atoms with Gasteiger partial charge >= 0.3 is 0 Å². The summed E-state index contributed by atoms with van der Waals surface area (Å²) in [5.74, 6) is 0. The first-order chi connectivity index (χ1) is 9.21. The number of rotatable bonds is 2. The highest BCUT2D eigenvalue weighted by Crippen LogP contribution is 2.19. The second-order valence-corrected chi connectivity index (χ2v) is 5.08.